The van der Waals surface area contributed by atoms with Crippen molar-refractivity contribution in [1.29, 1.82) is 0 Å². The molecular weight excluding hydrogens is 270 g/mol. The van der Waals surface area contributed by atoms with Gasteiger partial charge in [-0.25, -0.2) is 4.98 Å². The lowest BCUT2D eigenvalue weighted by atomic mass is 10.1. The molecule has 2 N–H and O–H groups in total. The van der Waals surface area contributed by atoms with Gasteiger partial charge in [-0.1, -0.05) is 31.3 Å². The number of hydrogen-bond donors (Lipinski definition) is 2. The molecule has 20 heavy (non-hydrogen) atoms. The highest BCUT2D eigenvalue weighted by Gasteiger charge is 2.06. The van der Waals surface area contributed by atoms with Crippen LogP contribution in [0.2, 0.25) is 0 Å². The second-order valence-electron chi connectivity index (χ2n) is 4.57. The van der Waals surface area contributed by atoms with Crippen LogP contribution in [0.4, 0.5) is 5.82 Å². The first-order valence-corrected chi connectivity index (χ1v) is 7.04. The largest absolute Gasteiger partial charge is 0.497 e. The molecule has 106 valence electrons. The fourth-order valence-electron chi connectivity index (χ4n) is 1.96. The number of benzene rings is 1. The molecule has 0 fully saturated rings. The number of H-pyrrole nitrogens is 1. The Morgan fingerprint density at radius 3 is 2.65 bits per heavy atom. The third-order valence-electron chi connectivity index (χ3n) is 3.11. The summed E-state index contributed by atoms with van der Waals surface area (Å²) in [4.78, 5) is 7.50. The molecule has 0 radical (unpaired) electrons. The molecular formula is C15H19N3OS. The lowest BCUT2D eigenvalue weighted by Gasteiger charge is -2.16. The van der Waals surface area contributed by atoms with Crippen molar-refractivity contribution in [2.24, 2.45) is 0 Å². The lowest BCUT2D eigenvalue weighted by Crippen LogP contribution is -2.09. The quantitative estimate of drug-likeness (QED) is 0.820. The number of methoxy groups -OCH3 is 1. The maximum absolute atomic E-state index is 5.17. The highest BCUT2D eigenvalue weighted by atomic mass is 32.1. The van der Waals surface area contributed by atoms with Crippen molar-refractivity contribution in [3.05, 3.63) is 46.4 Å². The standard InChI is InChI=1S/C15H19N3OS/c1-4-13-17-14(9-15(20)18-13)16-10(2)11-5-7-12(19-3)8-6-11/h5-10H,4H2,1-3H3,(H2,16,17,18,20). The smallest absolute Gasteiger partial charge is 0.131 e. The summed E-state index contributed by atoms with van der Waals surface area (Å²) < 4.78 is 5.77. The van der Waals surface area contributed by atoms with Gasteiger partial charge < -0.3 is 15.0 Å². The van der Waals surface area contributed by atoms with Gasteiger partial charge in [-0.15, -0.1) is 0 Å². The van der Waals surface area contributed by atoms with E-state index in [1.54, 1.807) is 7.11 Å². The number of ether oxygens (including phenoxy) is 1. The number of rotatable bonds is 5. The average Bonchev–Trinajstić information content (AvgIpc) is 2.46. The molecule has 0 saturated heterocycles. The minimum atomic E-state index is 0.165. The fraction of sp³-hybridized carbons (Fsp3) is 0.333. The van der Waals surface area contributed by atoms with E-state index in [0.29, 0.717) is 4.64 Å². The van der Waals surface area contributed by atoms with Gasteiger partial charge in [0.05, 0.1) is 7.11 Å². The predicted molar refractivity (Wildman–Crippen MR) is 83.8 cm³/mol. The second kappa shape index (κ2) is 6.52. The van der Waals surface area contributed by atoms with E-state index in [0.717, 1.165) is 23.8 Å². The highest BCUT2D eigenvalue weighted by Crippen LogP contribution is 2.20. The summed E-state index contributed by atoms with van der Waals surface area (Å²) in [7, 11) is 1.67. The van der Waals surface area contributed by atoms with Crippen LogP contribution in [0, 0.1) is 4.64 Å². The zero-order valence-corrected chi connectivity index (χ0v) is 12.8. The van der Waals surface area contributed by atoms with Gasteiger partial charge >= 0.3 is 0 Å². The van der Waals surface area contributed by atoms with Crippen LogP contribution in [0.15, 0.2) is 30.3 Å². The Morgan fingerprint density at radius 2 is 2.05 bits per heavy atom. The van der Waals surface area contributed by atoms with Crippen molar-refractivity contribution in [2.75, 3.05) is 12.4 Å². The van der Waals surface area contributed by atoms with E-state index in [9.17, 15) is 0 Å². The maximum atomic E-state index is 5.17. The molecule has 1 aromatic carbocycles. The molecule has 2 aromatic rings. The summed E-state index contributed by atoms with van der Waals surface area (Å²) in [6, 6.07) is 10.0. The third kappa shape index (κ3) is 3.57. The Morgan fingerprint density at radius 1 is 1.35 bits per heavy atom. The molecule has 1 atom stereocenters. The van der Waals surface area contributed by atoms with Crippen molar-refractivity contribution >= 4 is 18.0 Å². The highest BCUT2D eigenvalue weighted by molar-refractivity contribution is 7.71. The van der Waals surface area contributed by atoms with Crippen molar-refractivity contribution in [3.8, 4) is 5.75 Å². The predicted octanol–water partition coefficient (Wildman–Crippen LogP) is 3.88. The van der Waals surface area contributed by atoms with Gasteiger partial charge in [-0.2, -0.15) is 0 Å². The van der Waals surface area contributed by atoms with Crippen LogP contribution in [-0.4, -0.2) is 17.1 Å². The minimum absolute atomic E-state index is 0.165. The van der Waals surface area contributed by atoms with Crippen LogP contribution < -0.4 is 10.1 Å². The van der Waals surface area contributed by atoms with Gasteiger partial charge in [0.1, 0.15) is 22.0 Å². The van der Waals surface area contributed by atoms with Crippen molar-refractivity contribution < 1.29 is 4.74 Å². The van der Waals surface area contributed by atoms with Crippen LogP contribution >= 0.6 is 12.2 Å². The summed E-state index contributed by atoms with van der Waals surface area (Å²) in [5.41, 5.74) is 1.18. The molecule has 1 aromatic heterocycles. The van der Waals surface area contributed by atoms with Crippen LogP contribution in [0.5, 0.6) is 5.75 Å². The maximum Gasteiger partial charge on any atom is 0.131 e. The number of aromatic amines is 1. The summed E-state index contributed by atoms with van der Waals surface area (Å²) in [6.45, 7) is 4.15. The zero-order valence-electron chi connectivity index (χ0n) is 11.9. The zero-order chi connectivity index (χ0) is 14.5. The third-order valence-corrected chi connectivity index (χ3v) is 3.32. The topological polar surface area (TPSA) is 49.9 Å². The van der Waals surface area contributed by atoms with Gasteiger partial charge in [-0.05, 0) is 24.6 Å². The van der Waals surface area contributed by atoms with Crippen molar-refractivity contribution in [2.45, 2.75) is 26.3 Å². The number of aryl methyl sites for hydroxylation is 1. The first-order chi connectivity index (χ1) is 9.62. The Balaban J connectivity index is 2.15. The van der Waals surface area contributed by atoms with E-state index >= 15 is 0 Å². The van der Waals surface area contributed by atoms with Crippen LogP contribution in [-0.2, 0) is 6.42 Å². The summed E-state index contributed by atoms with van der Waals surface area (Å²) >= 11 is 5.17. The molecule has 1 heterocycles. The Labute approximate surface area is 124 Å². The minimum Gasteiger partial charge on any atom is -0.497 e. The van der Waals surface area contributed by atoms with Crippen molar-refractivity contribution in [3.63, 3.8) is 0 Å². The number of hydrogen-bond acceptors (Lipinski definition) is 4. The molecule has 0 amide bonds. The fourth-order valence-corrected chi connectivity index (χ4v) is 2.19. The molecule has 2 rings (SSSR count). The monoisotopic (exact) mass is 289 g/mol. The Kier molecular flexibility index (Phi) is 4.74. The SMILES string of the molecule is CCc1nc(=S)cc(NC(C)c2ccc(OC)cc2)[nH]1. The second-order valence-corrected chi connectivity index (χ2v) is 4.99. The number of aromatic nitrogens is 2. The molecule has 0 bridgehead atoms. The van der Waals surface area contributed by atoms with Crippen LogP contribution in [0.25, 0.3) is 0 Å². The molecule has 1 unspecified atom stereocenters. The van der Waals surface area contributed by atoms with Gasteiger partial charge in [0.25, 0.3) is 0 Å². The van der Waals surface area contributed by atoms with E-state index in [1.807, 2.05) is 37.3 Å². The van der Waals surface area contributed by atoms with E-state index in [-0.39, 0.29) is 6.04 Å². The molecule has 0 aliphatic carbocycles. The van der Waals surface area contributed by atoms with Crippen LogP contribution in [0.1, 0.15) is 31.3 Å². The van der Waals surface area contributed by atoms with Gasteiger partial charge in [0, 0.05) is 18.5 Å². The molecule has 0 saturated carbocycles. The van der Waals surface area contributed by atoms with Crippen LogP contribution in [0.3, 0.4) is 0 Å². The lowest BCUT2D eigenvalue weighted by molar-refractivity contribution is 0.414. The molecule has 0 spiro atoms. The first-order valence-electron chi connectivity index (χ1n) is 6.63. The van der Waals surface area contributed by atoms with E-state index in [1.165, 1.54) is 5.56 Å². The van der Waals surface area contributed by atoms with Crippen molar-refractivity contribution in [1.82, 2.24) is 9.97 Å². The number of nitrogens with zero attached hydrogens (tertiary/aromatic N) is 1. The van der Waals surface area contributed by atoms with E-state index < -0.39 is 0 Å². The Bertz CT molecular complexity index is 622. The van der Waals surface area contributed by atoms with Gasteiger partial charge in [0.2, 0.25) is 0 Å². The summed E-state index contributed by atoms with van der Waals surface area (Å²) in [5, 5.41) is 3.41. The average molecular weight is 289 g/mol. The molecule has 0 aliphatic heterocycles. The first kappa shape index (κ1) is 14.5. The summed E-state index contributed by atoms with van der Waals surface area (Å²) in [5.74, 6) is 2.64. The number of nitrogens with one attached hydrogen (secondary N) is 2. The number of anilines is 1. The molecule has 5 heteroatoms. The molecule has 0 aliphatic rings. The molecule has 4 nitrogen and oxygen atoms in total. The van der Waals surface area contributed by atoms with E-state index in [4.69, 9.17) is 17.0 Å². The summed E-state index contributed by atoms with van der Waals surface area (Å²) in [6.07, 6.45) is 0.829. The van der Waals surface area contributed by atoms with E-state index in [2.05, 4.69) is 22.2 Å². The Hall–Kier alpha value is -1.88. The van der Waals surface area contributed by atoms with Gasteiger partial charge in [0.15, 0.2) is 0 Å². The van der Waals surface area contributed by atoms with Gasteiger partial charge in [-0.3, -0.25) is 0 Å². The normalized spacial score (nSPS) is 11.9.